The molecule has 1 aromatic carbocycles. The van der Waals surface area contributed by atoms with Crippen LogP contribution in [0, 0.1) is 5.92 Å². The lowest BCUT2D eigenvalue weighted by atomic mass is 9.90. The number of aliphatic hydroxyl groups excluding tert-OH is 1. The molecule has 1 saturated carbocycles. The normalized spacial score (nSPS) is 17.7. The van der Waals surface area contributed by atoms with Crippen molar-refractivity contribution >= 4 is 5.91 Å². The van der Waals surface area contributed by atoms with E-state index in [0.717, 1.165) is 0 Å². The summed E-state index contributed by atoms with van der Waals surface area (Å²) in [5, 5.41) is 9.56. The van der Waals surface area contributed by atoms with Gasteiger partial charge in [0.05, 0.1) is 18.3 Å². The number of ether oxygens (including phenoxy) is 1. The van der Waals surface area contributed by atoms with Gasteiger partial charge < -0.3 is 15.6 Å². The van der Waals surface area contributed by atoms with Crippen molar-refractivity contribution < 1.29 is 14.6 Å². The first-order chi connectivity index (χ1) is 9.58. The fourth-order valence-electron chi connectivity index (χ4n) is 2.69. The highest BCUT2D eigenvalue weighted by atomic mass is 16.5. The minimum absolute atomic E-state index is 0.346. The molecule has 0 aliphatic heterocycles. The largest absolute Gasteiger partial charge is 0.492 e. The Hall–Kier alpha value is -1.55. The van der Waals surface area contributed by atoms with Crippen LogP contribution in [0.15, 0.2) is 18.2 Å². The predicted octanol–water partition coefficient (Wildman–Crippen LogP) is 2.80. The molecule has 1 fully saturated rings. The molecular weight excluding hydrogens is 254 g/mol. The minimum atomic E-state index is -0.625. The molecule has 0 aromatic heterocycles. The Morgan fingerprint density at radius 3 is 2.70 bits per heavy atom. The molecule has 1 aliphatic carbocycles. The molecule has 1 aromatic rings. The Morgan fingerprint density at radius 1 is 1.40 bits per heavy atom. The van der Waals surface area contributed by atoms with E-state index in [4.69, 9.17) is 10.5 Å². The van der Waals surface area contributed by atoms with E-state index in [1.807, 2.05) is 0 Å². The van der Waals surface area contributed by atoms with Gasteiger partial charge in [-0.25, -0.2) is 0 Å². The third-order valence-electron chi connectivity index (χ3n) is 3.95. The number of hydrogen-bond acceptors (Lipinski definition) is 3. The highest BCUT2D eigenvalue weighted by Crippen LogP contribution is 2.27. The molecule has 4 heteroatoms. The van der Waals surface area contributed by atoms with Crippen LogP contribution < -0.4 is 10.5 Å². The molecule has 1 atom stereocenters. The summed E-state index contributed by atoms with van der Waals surface area (Å²) in [7, 11) is 0. The standard InChI is InChI=1S/C16H23NO3/c1-11(18)13-7-8-15(14(9-13)16(17)19)20-10-12-5-3-2-4-6-12/h7-9,11-12,18H,2-6,10H2,1H3,(H2,17,19)/t11-/m0/s1. The van der Waals surface area contributed by atoms with Gasteiger partial charge in [-0.2, -0.15) is 0 Å². The Labute approximate surface area is 119 Å². The summed E-state index contributed by atoms with van der Waals surface area (Å²) in [6, 6.07) is 5.11. The molecule has 2 rings (SSSR count). The van der Waals surface area contributed by atoms with Gasteiger partial charge in [-0.05, 0) is 43.4 Å². The van der Waals surface area contributed by atoms with E-state index in [1.165, 1.54) is 32.1 Å². The van der Waals surface area contributed by atoms with Crippen LogP contribution in [0.4, 0.5) is 0 Å². The van der Waals surface area contributed by atoms with Crippen LogP contribution in [-0.2, 0) is 0 Å². The van der Waals surface area contributed by atoms with Crippen molar-refractivity contribution in [2.24, 2.45) is 11.7 Å². The van der Waals surface area contributed by atoms with Crippen LogP contribution in [0.1, 0.15) is 61.1 Å². The average molecular weight is 277 g/mol. The summed E-state index contributed by atoms with van der Waals surface area (Å²) >= 11 is 0. The van der Waals surface area contributed by atoms with Crippen molar-refractivity contribution in [3.8, 4) is 5.75 Å². The second-order valence-electron chi connectivity index (χ2n) is 5.61. The zero-order valence-corrected chi connectivity index (χ0v) is 12.0. The monoisotopic (exact) mass is 277 g/mol. The smallest absolute Gasteiger partial charge is 0.252 e. The maximum atomic E-state index is 11.5. The maximum Gasteiger partial charge on any atom is 0.252 e. The van der Waals surface area contributed by atoms with Gasteiger partial charge in [-0.1, -0.05) is 25.3 Å². The Morgan fingerprint density at radius 2 is 2.10 bits per heavy atom. The van der Waals surface area contributed by atoms with Crippen LogP contribution in [0.3, 0.4) is 0 Å². The van der Waals surface area contributed by atoms with Gasteiger partial charge >= 0.3 is 0 Å². The van der Waals surface area contributed by atoms with E-state index in [1.54, 1.807) is 25.1 Å². The van der Waals surface area contributed by atoms with Crippen LogP contribution in [0.2, 0.25) is 0 Å². The fraction of sp³-hybridized carbons (Fsp3) is 0.562. The van der Waals surface area contributed by atoms with Crippen LogP contribution >= 0.6 is 0 Å². The maximum absolute atomic E-state index is 11.5. The molecular formula is C16H23NO3. The molecule has 1 aliphatic rings. The van der Waals surface area contributed by atoms with Crippen molar-refractivity contribution in [3.63, 3.8) is 0 Å². The van der Waals surface area contributed by atoms with Crippen LogP contribution in [0.25, 0.3) is 0 Å². The topological polar surface area (TPSA) is 72.6 Å². The van der Waals surface area contributed by atoms with Crippen molar-refractivity contribution in [2.75, 3.05) is 6.61 Å². The fourth-order valence-corrected chi connectivity index (χ4v) is 2.69. The van der Waals surface area contributed by atoms with Crippen LogP contribution in [-0.4, -0.2) is 17.6 Å². The second-order valence-corrected chi connectivity index (χ2v) is 5.61. The SMILES string of the molecule is C[C@H](O)c1ccc(OCC2CCCCC2)c(C(N)=O)c1. The first kappa shape index (κ1) is 14.9. The quantitative estimate of drug-likeness (QED) is 0.869. The molecule has 1 amide bonds. The summed E-state index contributed by atoms with van der Waals surface area (Å²) in [5.41, 5.74) is 6.41. The van der Waals surface area contributed by atoms with Gasteiger partial charge in [0.25, 0.3) is 5.91 Å². The Kier molecular flexibility index (Phi) is 5.01. The second kappa shape index (κ2) is 6.75. The highest BCUT2D eigenvalue weighted by molar-refractivity contribution is 5.95. The van der Waals surface area contributed by atoms with E-state index in [2.05, 4.69) is 0 Å². The van der Waals surface area contributed by atoms with Crippen molar-refractivity contribution in [1.82, 2.24) is 0 Å². The molecule has 0 heterocycles. The zero-order valence-electron chi connectivity index (χ0n) is 12.0. The van der Waals surface area contributed by atoms with E-state index in [0.29, 0.717) is 29.4 Å². The molecule has 0 spiro atoms. The van der Waals surface area contributed by atoms with Crippen molar-refractivity contribution in [2.45, 2.75) is 45.1 Å². The number of aliphatic hydroxyl groups is 1. The average Bonchev–Trinajstić information content (AvgIpc) is 2.45. The number of nitrogens with two attached hydrogens (primary N) is 1. The Bertz CT molecular complexity index is 465. The van der Waals surface area contributed by atoms with E-state index < -0.39 is 12.0 Å². The summed E-state index contributed by atoms with van der Waals surface area (Å²) in [4.78, 5) is 11.5. The minimum Gasteiger partial charge on any atom is -0.492 e. The predicted molar refractivity (Wildman–Crippen MR) is 77.7 cm³/mol. The van der Waals surface area contributed by atoms with Gasteiger partial charge in [0, 0.05) is 0 Å². The molecule has 0 bridgehead atoms. The highest BCUT2D eigenvalue weighted by Gasteiger charge is 2.17. The van der Waals surface area contributed by atoms with Gasteiger partial charge in [0.2, 0.25) is 0 Å². The number of primary amides is 1. The Balaban J connectivity index is 2.07. The first-order valence-corrected chi connectivity index (χ1v) is 7.32. The molecule has 0 radical (unpaired) electrons. The first-order valence-electron chi connectivity index (χ1n) is 7.32. The molecule has 0 saturated heterocycles. The molecule has 110 valence electrons. The zero-order chi connectivity index (χ0) is 14.5. The van der Waals surface area contributed by atoms with E-state index >= 15 is 0 Å². The molecule has 3 N–H and O–H groups in total. The van der Waals surface area contributed by atoms with E-state index in [9.17, 15) is 9.90 Å². The summed E-state index contributed by atoms with van der Waals surface area (Å²) in [6.07, 6.45) is 5.59. The summed E-state index contributed by atoms with van der Waals surface area (Å²) < 4.78 is 5.79. The van der Waals surface area contributed by atoms with Crippen LogP contribution in [0.5, 0.6) is 5.75 Å². The van der Waals surface area contributed by atoms with Gasteiger partial charge in [-0.15, -0.1) is 0 Å². The lowest BCUT2D eigenvalue weighted by Crippen LogP contribution is -2.18. The van der Waals surface area contributed by atoms with Crippen molar-refractivity contribution in [3.05, 3.63) is 29.3 Å². The van der Waals surface area contributed by atoms with E-state index in [-0.39, 0.29) is 0 Å². The third-order valence-corrected chi connectivity index (χ3v) is 3.95. The van der Waals surface area contributed by atoms with Gasteiger partial charge in [0.15, 0.2) is 0 Å². The lowest BCUT2D eigenvalue weighted by Gasteiger charge is -2.22. The number of carbonyl (C=O) groups excluding carboxylic acids is 1. The number of rotatable bonds is 5. The summed E-state index contributed by atoms with van der Waals surface area (Å²) in [6.45, 7) is 2.29. The number of amides is 1. The van der Waals surface area contributed by atoms with Gasteiger partial charge in [0.1, 0.15) is 5.75 Å². The number of hydrogen-bond donors (Lipinski definition) is 2. The molecule has 0 unspecified atom stereocenters. The number of benzene rings is 1. The van der Waals surface area contributed by atoms with Crippen molar-refractivity contribution in [1.29, 1.82) is 0 Å². The molecule has 4 nitrogen and oxygen atoms in total. The lowest BCUT2D eigenvalue weighted by molar-refractivity contribution is 0.0994. The summed E-state index contributed by atoms with van der Waals surface area (Å²) in [5.74, 6) is 0.569. The molecule has 20 heavy (non-hydrogen) atoms. The number of carbonyl (C=O) groups is 1. The van der Waals surface area contributed by atoms with Gasteiger partial charge in [-0.3, -0.25) is 4.79 Å². The third kappa shape index (κ3) is 3.73.